The van der Waals surface area contributed by atoms with Gasteiger partial charge in [0.25, 0.3) is 15.9 Å². The lowest BCUT2D eigenvalue weighted by Crippen LogP contribution is -2.26. The Morgan fingerprint density at radius 3 is 2.33 bits per heavy atom. The fourth-order valence-electron chi connectivity index (χ4n) is 7.60. The lowest BCUT2D eigenvalue weighted by molar-refractivity contribution is -0.141. The third-order valence-electron chi connectivity index (χ3n) is 11.0. The van der Waals surface area contributed by atoms with Crippen molar-refractivity contribution in [1.82, 2.24) is 25.1 Å². The Hall–Kier alpha value is -7.10. The number of carbonyl (C=O) groups excluding carboxylic acids is 2. The highest BCUT2D eigenvalue weighted by Crippen LogP contribution is 2.41. The second-order valence-electron chi connectivity index (χ2n) is 14.9. The van der Waals surface area contributed by atoms with Crippen molar-refractivity contribution in [2.45, 2.75) is 57.8 Å². The van der Waals surface area contributed by atoms with Gasteiger partial charge in [0.05, 0.1) is 52.0 Å². The monoisotopic (exact) mass is 890 g/mol. The van der Waals surface area contributed by atoms with Crippen LogP contribution in [0.25, 0.3) is 27.0 Å². The summed E-state index contributed by atoms with van der Waals surface area (Å²) in [6.07, 6.45) is -3.46. The molecule has 0 spiro atoms. The highest BCUT2D eigenvalue weighted by molar-refractivity contribution is 7.92. The number of thiophene rings is 1. The minimum atomic E-state index is -4.88. The van der Waals surface area contributed by atoms with Crippen molar-refractivity contribution < 1.29 is 35.9 Å². The zero-order chi connectivity index (χ0) is 45.0. The van der Waals surface area contributed by atoms with Crippen LogP contribution in [0.3, 0.4) is 0 Å². The number of aromatic nitrogens is 4. The molecular formula is C45H37F3N8O5S2. The molecule has 0 aliphatic carbocycles. The summed E-state index contributed by atoms with van der Waals surface area (Å²) >= 11 is 1.54. The molecule has 8 rings (SSSR count). The number of carbonyl (C=O) groups is 2. The van der Waals surface area contributed by atoms with Crippen LogP contribution in [0.15, 0.2) is 94.9 Å². The molecule has 1 atom stereocenters. The maximum atomic E-state index is 14.6. The molecule has 18 heteroatoms. The molecule has 4 heterocycles. The minimum absolute atomic E-state index is 0.0860. The van der Waals surface area contributed by atoms with Crippen molar-refractivity contribution in [3.05, 3.63) is 146 Å². The van der Waals surface area contributed by atoms with E-state index in [1.165, 1.54) is 43.6 Å². The number of aliphatic imine (C=N–C) groups is 1. The number of nitrogens with zero attached hydrogens (tertiary/aromatic N) is 5. The molecule has 0 saturated heterocycles. The van der Waals surface area contributed by atoms with Crippen molar-refractivity contribution in [3.8, 4) is 22.2 Å². The predicted octanol–water partition coefficient (Wildman–Crippen LogP) is 8.79. The maximum absolute atomic E-state index is 14.6. The molecule has 3 aromatic heterocycles. The molecule has 1 aliphatic rings. The number of anilines is 1. The first-order valence-electron chi connectivity index (χ1n) is 19.4. The Morgan fingerprint density at radius 1 is 0.952 bits per heavy atom. The molecule has 0 unspecified atom stereocenters. The number of nitriles is 1. The quantitative estimate of drug-likeness (QED) is 0.114. The number of aromatic amines is 1. The molecule has 3 N–H and O–H groups in total. The highest BCUT2D eigenvalue weighted by Gasteiger charge is 2.36. The first kappa shape index (κ1) is 42.6. The van der Waals surface area contributed by atoms with E-state index in [1.807, 2.05) is 32.3 Å². The van der Waals surface area contributed by atoms with E-state index in [0.717, 1.165) is 38.7 Å². The molecule has 63 heavy (non-hydrogen) atoms. The number of ether oxygens (including phenoxy) is 1. The van der Waals surface area contributed by atoms with Crippen LogP contribution in [0.4, 0.5) is 18.9 Å². The van der Waals surface area contributed by atoms with Crippen LogP contribution < -0.4 is 10.0 Å². The Bertz CT molecular complexity index is 3160. The standard InChI is InChI=1S/C45H37F3N8O5S2/c1-23-6-17-35(41-38(23)31(20-49)22-50-41)55-63(59,60)32-14-7-27(8-15-32)21-51-43(58)33-16-13-30(18-34(33)45(46,47)48)28-9-11-29(12-10-28)40-39-24(2)25(3)62-44(39)56-26(4)53-54-42(56)36(52-40)19-37(57)61-5/h6-18,22,36,50,55H,19,21H2,1-5H3,(H,51,58)/t36-/m0/s1. The van der Waals surface area contributed by atoms with Gasteiger partial charge in [-0.05, 0) is 85.8 Å². The number of hydrogen-bond donors (Lipinski definition) is 3. The van der Waals surface area contributed by atoms with E-state index in [2.05, 4.69) is 31.3 Å². The van der Waals surface area contributed by atoms with Gasteiger partial charge in [0, 0.05) is 34.1 Å². The SMILES string of the molecule is COC(=O)C[C@@H]1N=C(c2ccc(-c3ccc(C(=O)NCc4ccc(S(=O)(=O)Nc5ccc(C)c6c(C#N)c[nH]c56)cc4)c(C(F)(F)F)c3)cc2)c2c(sc(C)c2C)-n2c(C)nnc21. The van der Waals surface area contributed by atoms with E-state index < -0.39 is 45.2 Å². The number of esters is 1. The van der Waals surface area contributed by atoms with E-state index in [1.54, 1.807) is 47.7 Å². The molecule has 0 fully saturated rings. The topological polar surface area (TPSA) is 184 Å². The van der Waals surface area contributed by atoms with Crippen molar-refractivity contribution in [2.75, 3.05) is 11.8 Å². The Kier molecular flexibility index (Phi) is 11.0. The number of amides is 1. The number of rotatable bonds is 10. The zero-order valence-corrected chi connectivity index (χ0v) is 35.9. The first-order chi connectivity index (χ1) is 30.0. The molecule has 13 nitrogen and oxygen atoms in total. The maximum Gasteiger partial charge on any atom is 0.417 e. The third kappa shape index (κ3) is 7.96. The number of alkyl halides is 3. The number of H-pyrrole nitrogens is 1. The minimum Gasteiger partial charge on any atom is -0.469 e. The summed E-state index contributed by atoms with van der Waals surface area (Å²) in [5, 5.41) is 22.0. The van der Waals surface area contributed by atoms with E-state index in [9.17, 15) is 36.4 Å². The molecule has 1 aliphatic heterocycles. The van der Waals surface area contributed by atoms with Crippen LogP contribution >= 0.6 is 11.3 Å². The average molecular weight is 891 g/mol. The van der Waals surface area contributed by atoms with Gasteiger partial charge < -0.3 is 15.0 Å². The number of nitrogens with one attached hydrogen (secondary N) is 3. The Labute approximate surface area is 363 Å². The van der Waals surface area contributed by atoms with Gasteiger partial charge in [-0.2, -0.15) is 18.4 Å². The first-order valence-corrected chi connectivity index (χ1v) is 21.7. The van der Waals surface area contributed by atoms with Crippen LogP contribution in [-0.2, 0) is 32.3 Å². The van der Waals surface area contributed by atoms with Gasteiger partial charge in [-0.15, -0.1) is 21.5 Å². The van der Waals surface area contributed by atoms with Gasteiger partial charge in [0.1, 0.15) is 22.9 Å². The molecule has 0 saturated carbocycles. The highest BCUT2D eigenvalue weighted by atomic mass is 32.2. The number of methoxy groups -OCH3 is 1. The lowest BCUT2D eigenvalue weighted by atomic mass is 9.95. The van der Waals surface area contributed by atoms with Crippen LogP contribution in [0.2, 0.25) is 0 Å². The largest absolute Gasteiger partial charge is 0.469 e. The Balaban J connectivity index is 1.01. The van der Waals surface area contributed by atoms with Crippen molar-refractivity contribution >= 4 is 55.5 Å². The van der Waals surface area contributed by atoms with Gasteiger partial charge in [0.15, 0.2) is 5.82 Å². The van der Waals surface area contributed by atoms with Gasteiger partial charge in [-0.3, -0.25) is 23.9 Å². The van der Waals surface area contributed by atoms with Crippen LogP contribution in [0, 0.1) is 39.0 Å². The van der Waals surface area contributed by atoms with E-state index >= 15 is 0 Å². The fourth-order valence-corrected chi connectivity index (χ4v) is 9.89. The second kappa shape index (κ2) is 16.3. The number of benzene rings is 4. The van der Waals surface area contributed by atoms with E-state index in [-0.39, 0.29) is 29.1 Å². The van der Waals surface area contributed by atoms with Crippen LogP contribution in [-0.4, -0.2) is 52.9 Å². The van der Waals surface area contributed by atoms with Crippen molar-refractivity contribution in [1.29, 1.82) is 5.26 Å². The summed E-state index contributed by atoms with van der Waals surface area (Å²) in [4.78, 5) is 34.7. The van der Waals surface area contributed by atoms with Gasteiger partial charge in [-0.1, -0.05) is 48.5 Å². The third-order valence-corrected chi connectivity index (χ3v) is 13.6. The summed E-state index contributed by atoms with van der Waals surface area (Å²) in [7, 11) is -2.79. The van der Waals surface area contributed by atoms with Gasteiger partial charge in [-0.25, -0.2) is 8.42 Å². The zero-order valence-electron chi connectivity index (χ0n) is 34.3. The smallest absolute Gasteiger partial charge is 0.417 e. The number of fused-ring (bicyclic) bond motifs is 4. The van der Waals surface area contributed by atoms with Crippen LogP contribution in [0.1, 0.15) is 78.3 Å². The summed E-state index contributed by atoms with van der Waals surface area (Å²) in [5.41, 5.74) is 4.36. The molecule has 320 valence electrons. The second-order valence-corrected chi connectivity index (χ2v) is 17.8. The summed E-state index contributed by atoms with van der Waals surface area (Å²) < 4.78 is 79.7. The summed E-state index contributed by atoms with van der Waals surface area (Å²) in [5.74, 6) is -0.336. The summed E-state index contributed by atoms with van der Waals surface area (Å²) in [6.45, 7) is 7.42. The number of sulfonamides is 1. The van der Waals surface area contributed by atoms with E-state index in [4.69, 9.17) is 9.73 Å². The van der Waals surface area contributed by atoms with Gasteiger partial charge >= 0.3 is 12.1 Å². The number of aryl methyl sites for hydroxylation is 3. The van der Waals surface area contributed by atoms with Crippen molar-refractivity contribution in [3.63, 3.8) is 0 Å². The normalized spacial score (nSPS) is 13.7. The Morgan fingerprint density at radius 2 is 1.65 bits per heavy atom. The molecule has 0 radical (unpaired) electrons. The molecule has 7 aromatic rings. The molecular weight excluding hydrogens is 854 g/mol. The number of halogens is 3. The average Bonchev–Trinajstić information content (AvgIpc) is 3.94. The summed E-state index contributed by atoms with van der Waals surface area (Å²) in [6, 6.07) is 20.6. The van der Waals surface area contributed by atoms with E-state index in [0.29, 0.717) is 50.5 Å². The van der Waals surface area contributed by atoms with Crippen molar-refractivity contribution in [2.24, 2.45) is 4.99 Å². The van der Waals surface area contributed by atoms with Crippen LogP contribution in [0.5, 0.6) is 0 Å². The molecule has 4 aromatic carbocycles. The molecule has 1 amide bonds. The molecule has 0 bridgehead atoms. The fraction of sp³-hybridized carbons (Fsp3) is 0.200. The predicted molar refractivity (Wildman–Crippen MR) is 232 cm³/mol. The number of hydrogen-bond acceptors (Lipinski definition) is 10. The lowest BCUT2D eigenvalue weighted by Gasteiger charge is -2.16. The van der Waals surface area contributed by atoms with Gasteiger partial charge in [0.2, 0.25) is 0 Å².